The second-order valence-electron chi connectivity index (χ2n) is 5.05. The molecule has 0 spiro atoms. The fourth-order valence-electron chi connectivity index (χ4n) is 2.48. The highest BCUT2D eigenvalue weighted by Gasteiger charge is 2.20. The standard InChI is InChI=1S/C14H19N3OS/c1-2-17-14-6-4-3-5-12(14)13(16-17)10-19(18)9-11-7-15-8-11/h3-6,11,15H,2,7-10H2,1H3. The summed E-state index contributed by atoms with van der Waals surface area (Å²) in [7, 11) is -0.810. The van der Waals surface area contributed by atoms with Gasteiger partial charge in [-0.05, 0) is 18.9 Å². The van der Waals surface area contributed by atoms with Crippen molar-refractivity contribution in [3.8, 4) is 0 Å². The molecule has 2 heterocycles. The smallest absolute Gasteiger partial charge is 0.0828 e. The SMILES string of the molecule is CCn1nc(CS(=O)CC2CNC2)c2ccccc21. The molecule has 1 aliphatic heterocycles. The lowest BCUT2D eigenvalue weighted by molar-refractivity contribution is 0.382. The molecule has 3 rings (SSSR count). The highest BCUT2D eigenvalue weighted by molar-refractivity contribution is 7.84. The van der Waals surface area contributed by atoms with Gasteiger partial charge in [0.25, 0.3) is 0 Å². The number of rotatable bonds is 5. The molecule has 1 aliphatic rings. The van der Waals surface area contributed by atoms with Crippen molar-refractivity contribution in [1.82, 2.24) is 15.1 Å². The zero-order valence-corrected chi connectivity index (χ0v) is 11.9. The van der Waals surface area contributed by atoms with E-state index in [0.717, 1.165) is 42.0 Å². The van der Waals surface area contributed by atoms with Gasteiger partial charge < -0.3 is 5.32 Å². The normalized spacial score (nSPS) is 17.5. The van der Waals surface area contributed by atoms with Crippen LogP contribution >= 0.6 is 0 Å². The van der Waals surface area contributed by atoms with Crippen LogP contribution in [-0.4, -0.2) is 32.8 Å². The highest BCUT2D eigenvalue weighted by atomic mass is 32.2. The molecule has 19 heavy (non-hydrogen) atoms. The maximum atomic E-state index is 12.2. The summed E-state index contributed by atoms with van der Waals surface area (Å²) in [5.41, 5.74) is 2.12. The molecule has 1 aromatic carbocycles. The first-order valence-corrected chi connectivity index (χ1v) is 8.27. The number of nitrogens with zero attached hydrogens (tertiary/aromatic N) is 2. The Morgan fingerprint density at radius 3 is 2.89 bits per heavy atom. The van der Waals surface area contributed by atoms with E-state index in [9.17, 15) is 4.21 Å². The minimum Gasteiger partial charge on any atom is -0.316 e. The molecule has 0 radical (unpaired) electrons. The average molecular weight is 277 g/mol. The molecule has 1 N–H and O–H groups in total. The van der Waals surface area contributed by atoms with E-state index in [1.165, 1.54) is 0 Å². The van der Waals surface area contributed by atoms with Crippen molar-refractivity contribution in [2.75, 3.05) is 18.8 Å². The van der Waals surface area contributed by atoms with Crippen LogP contribution in [0.4, 0.5) is 0 Å². The van der Waals surface area contributed by atoms with Crippen molar-refractivity contribution in [3.63, 3.8) is 0 Å². The van der Waals surface area contributed by atoms with Gasteiger partial charge in [-0.15, -0.1) is 0 Å². The van der Waals surface area contributed by atoms with E-state index in [0.29, 0.717) is 11.7 Å². The Labute approximate surface area is 115 Å². The monoisotopic (exact) mass is 277 g/mol. The van der Waals surface area contributed by atoms with Crippen molar-refractivity contribution in [2.24, 2.45) is 5.92 Å². The molecule has 0 amide bonds. The number of hydrogen-bond donors (Lipinski definition) is 1. The van der Waals surface area contributed by atoms with Gasteiger partial charge in [0.2, 0.25) is 0 Å². The quantitative estimate of drug-likeness (QED) is 0.901. The van der Waals surface area contributed by atoms with Gasteiger partial charge >= 0.3 is 0 Å². The molecule has 0 saturated carbocycles. The summed E-state index contributed by atoms with van der Waals surface area (Å²) in [5, 5.41) is 8.97. The van der Waals surface area contributed by atoms with Crippen LogP contribution in [0.5, 0.6) is 0 Å². The van der Waals surface area contributed by atoms with E-state index in [1.54, 1.807) is 0 Å². The Kier molecular flexibility index (Phi) is 3.66. The Morgan fingerprint density at radius 2 is 2.21 bits per heavy atom. The molecular weight excluding hydrogens is 258 g/mol. The maximum Gasteiger partial charge on any atom is 0.0828 e. The molecule has 1 fully saturated rings. The molecule has 1 aromatic heterocycles. The summed E-state index contributed by atoms with van der Waals surface area (Å²) in [4.78, 5) is 0. The van der Waals surface area contributed by atoms with Gasteiger partial charge in [0.1, 0.15) is 0 Å². The van der Waals surface area contributed by atoms with Crippen LogP contribution in [0.2, 0.25) is 0 Å². The summed E-state index contributed by atoms with van der Waals surface area (Å²) in [5.74, 6) is 1.95. The minimum atomic E-state index is -0.810. The average Bonchev–Trinajstić information content (AvgIpc) is 2.73. The molecule has 0 aliphatic carbocycles. The third-order valence-corrected chi connectivity index (χ3v) is 5.06. The first-order valence-electron chi connectivity index (χ1n) is 6.78. The molecule has 1 saturated heterocycles. The number of aryl methyl sites for hydroxylation is 1. The fourth-order valence-corrected chi connectivity index (χ4v) is 3.88. The number of para-hydroxylation sites is 1. The molecule has 2 aromatic rings. The summed E-state index contributed by atoms with van der Waals surface area (Å²) in [6.07, 6.45) is 0. The van der Waals surface area contributed by atoms with Crippen molar-refractivity contribution in [2.45, 2.75) is 19.2 Å². The maximum absolute atomic E-state index is 12.2. The minimum absolute atomic E-state index is 0.573. The largest absolute Gasteiger partial charge is 0.316 e. The second-order valence-corrected chi connectivity index (χ2v) is 6.56. The topological polar surface area (TPSA) is 46.9 Å². The van der Waals surface area contributed by atoms with Crippen molar-refractivity contribution >= 4 is 21.7 Å². The zero-order chi connectivity index (χ0) is 13.2. The Balaban J connectivity index is 1.81. The molecular formula is C14H19N3OS. The van der Waals surface area contributed by atoms with Gasteiger partial charge in [0.05, 0.1) is 17.0 Å². The summed E-state index contributed by atoms with van der Waals surface area (Å²) in [6, 6.07) is 8.20. The van der Waals surface area contributed by atoms with E-state index >= 15 is 0 Å². The number of hydrogen-bond acceptors (Lipinski definition) is 3. The first kappa shape index (κ1) is 12.8. The van der Waals surface area contributed by atoms with E-state index in [4.69, 9.17) is 0 Å². The number of nitrogens with one attached hydrogen (secondary N) is 1. The molecule has 1 unspecified atom stereocenters. The summed E-state index contributed by atoms with van der Waals surface area (Å²) in [6.45, 7) is 4.95. The summed E-state index contributed by atoms with van der Waals surface area (Å²) < 4.78 is 14.2. The molecule has 4 nitrogen and oxygen atoms in total. The lowest BCUT2D eigenvalue weighted by atomic mass is 10.1. The van der Waals surface area contributed by atoms with Crippen LogP contribution in [0.15, 0.2) is 24.3 Å². The van der Waals surface area contributed by atoms with Crippen LogP contribution < -0.4 is 5.32 Å². The van der Waals surface area contributed by atoms with E-state index in [-0.39, 0.29) is 0 Å². The van der Waals surface area contributed by atoms with Crippen molar-refractivity contribution < 1.29 is 4.21 Å². The Hall–Kier alpha value is -1.20. The summed E-state index contributed by atoms with van der Waals surface area (Å²) >= 11 is 0. The number of fused-ring (bicyclic) bond motifs is 1. The van der Waals surface area contributed by atoms with E-state index < -0.39 is 10.8 Å². The lowest BCUT2D eigenvalue weighted by Gasteiger charge is -2.26. The molecule has 102 valence electrons. The highest BCUT2D eigenvalue weighted by Crippen LogP contribution is 2.20. The predicted molar refractivity (Wildman–Crippen MR) is 78.5 cm³/mol. The first-order chi connectivity index (χ1) is 9.28. The van der Waals surface area contributed by atoms with E-state index in [2.05, 4.69) is 29.5 Å². The van der Waals surface area contributed by atoms with Gasteiger partial charge in [-0.3, -0.25) is 8.89 Å². The fraction of sp³-hybridized carbons (Fsp3) is 0.500. The van der Waals surface area contributed by atoms with Crippen LogP contribution in [0.25, 0.3) is 10.9 Å². The zero-order valence-electron chi connectivity index (χ0n) is 11.1. The van der Waals surface area contributed by atoms with Crippen LogP contribution in [0, 0.1) is 5.92 Å². The third kappa shape index (κ3) is 2.58. The van der Waals surface area contributed by atoms with Crippen LogP contribution in [0.1, 0.15) is 12.6 Å². The number of aromatic nitrogens is 2. The van der Waals surface area contributed by atoms with Gasteiger partial charge in [0.15, 0.2) is 0 Å². The lowest BCUT2D eigenvalue weighted by Crippen LogP contribution is -2.44. The molecule has 0 bridgehead atoms. The Morgan fingerprint density at radius 1 is 1.42 bits per heavy atom. The van der Waals surface area contributed by atoms with Gasteiger partial charge in [-0.1, -0.05) is 18.2 Å². The Bertz CT molecular complexity index is 604. The number of benzene rings is 1. The van der Waals surface area contributed by atoms with Crippen LogP contribution in [-0.2, 0) is 23.1 Å². The second kappa shape index (κ2) is 5.43. The third-order valence-electron chi connectivity index (χ3n) is 3.62. The van der Waals surface area contributed by atoms with Gasteiger partial charge in [0, 0.05) is 41.6 Å². The van der Waals surface area contributed by atoms with Crippen molar-refractivity contribution in [3.05, 3.63) is 30.0 Å². The molecule has 5 heteroatoms. The van der Waals surface area contributed by atoms with Gasteiger partial charge in [-0.25, -0.2) is 0 Å². The molecule has 1 atom stereocenters. The van der Waals surface area contributed by atoms with Gasteiger partial charge in [-0.2, -0.15) is 5.10 Å². The van der Waals surface area contributed by atoms with Crippen molar-refractivity contribution in [1.29, 1.82) is 0 Å². The van der Waals surface area contributed by atoms with Crippen LogP contribution in [0.3, 0.4) is 0 Å². The predicted octanol–water partition coefficient (Wildman–Crippen LogP) is 1.52. The van der Waals surface area contributed by atoms with E-state index in [1.807, 2.05) is 16.8 Å².